The van der Waals surface area contributed by atoms with Crippen LogP contribution in [0.2, 0.25) is 0 Å². The van der Waals surface area contributed by atoms with Gasteiger partial charge in [0.2, 0.25) is 5.91 Å². The quantitative estimate of drug-likeness (QED) is 0.916. The highest BCUT2D eigenvalue weighted by Crippen LogP contribution is 2.53. The first kappa shape index (κ1) is 16.0. The molecule has 4 rings (SSSR count). The molecular weight excluding hydrogens is 325 g/mol. The average Bonchev–Trinajstić information content (AvgIpc) is 3.19. The number of likely N-dealkylation sites (tertiary alicyclic amines) is 1. The summed E-state index contributed by atoms with van der Waals surface area (Å²) in [4.78, 5) is 18.2. The van der Waals surface area contributed by atoms with Gasteiger partial charge in [-0.25, -0.2) is 4.39 Å². The third-order valence-electron chi connectivity index (χ3n) is 5.18. The minimum Gasteiger partial charge on any atom is -0.403 e. The molecule has 25 heavy (non-hydrogen) atoms. The number of carbonyl (C=O) groups excluding carboxylic acids is 1. The first-order valence-electron chi connectivity index (χ1n) is 8.54. The molecule has 1 aliphatic carbocycles. The molecule has 132 valence electrons. The van der Waals surface area contributed by atoms with Crippen molar-refractivity contribution in [3.63, 3.8) is 0 Å². The van der Waals surface area contributed by atoms with Gasteiger partial charge in [-0.3, -0.25) is 9.78 Å². The summed E-state index contributed by atoms with van der Waals surface area (Å²) in [6.45, 7) is 3.40. The molecule has 0 bridgehead atoms. The van der Waals surface area contributed by atoms with Crippen molar-refractivity contribution in [2.45, 2.75) is 38.6 Å². The summed E-state index contributed by atoms with van der Waals surface area (Å²) < 4.78 is 18.7. The van der Waals surface area contributed by atoms with E-state index in [1.807, 2.05) is 4.90 Å². The first-order valence-corrected chi connectivity index (χ1v) is 8.54. The molecule has 2 aromatic rings. The Labute approximate surface area is 144 Å². The number of nitrogens with one attached hydrogen (secondary N) is 1. The van der Waals surface area contributed by atoms with Crippen molar-refractivity contribution in [3.05, 3.63) is 24.3 Å². The molecule has 1 spiro atoms. The number of hydrogen-bond acceptors (Lipinski definition) is 6. The lowest BCUT2D eigenvalue weighted by atomic mass is 9.93. The fourth-order valence-electron chi connectivity index (χ4n) is 3.33. The Morgan fingerprint density at radius 1 is 1.28 bits per heavy atom. The van der Waals surface area contributed by atoms with Gasteiger partial charge in [-0.2, -0.15) is 0 Å². The number of pyridine rings is 1. The normalized spacial score (nSPS) is 19.7. The molecule has 0 radical (unpaired) electrons. The molecule has 1 aliphatic heterocycles. The zero-order valence-electron chi connectivity index (χ0n) is 14.0. The number of aromatic nitrogens is 3. The van der Waals surface area contributed by atoms with Crippen molar-refractivity contribution in [1.82, 2.24) is 20.1 Å². The summed E-state index contributed by atoms with van der Waals surface area (Å²) in [5.41, 5.74) is 0.929. The maximum absolute atomic E-state index is 13.2. The Morgan fingerprint density at radius 2 is 2.04 bits per heavy atom. The van der Waals surface area contributed by atoms with Gasteiger partial charge in [0.15, 0.2) is 0 Å². The monoisotopic (exact) mass is 345 g/mol. The van der Waals surface area contributed by atoms with Crippen LogP contribution in [0.25, 0.3) is 11.5 Å². The summed E-state index contributed by atoms with van der Waals surface area (Å²) >= 11 is 0. The van der Waals surface area contributed by atoms with Crippen molar-refractivity contribution in [2.75, 3.05) is 18.4 Å². The van der Waals surface area contributed by atoms with E-state index in [4.69, 9.17) is 4.42 Å². The zero-order valence-corrected chi connectivity index (χ0v) is 14.0. The largest absolute Gasteiger partial charge is 0.403 e. The summed E-state index contributed by atoms with van der Waals surface area (Å²) in [5, 5.41) is 10.7. The molecule has 3 heterocycles. The molecule has 8 heteroatoms. The SMILES string of the molecule is CC(Nc1nnc(-c2cncc(F)c2)o1)C(=O)N1CCC2(CC1)CC2. The van der Waals surface area contributed by atoms with Crippen LogP contribution in [0.5, 0.6) is 0 Å². The van der Waals surface area contributed by atoms with E-state index in [-0.39, 0.29) is 17.8 Å². The fraction of sp³-hybridized carbons (Fsp3) is 0.529. The molecule has 2 aromatic heterocycles. The molecule has 1 saturated carbocycles. The molecule has 2 fully saturated rings. The third-order valence-corrected chi connectivity index (χ3v) is 5.18. The number of carbonyl (C=O) groups is 1. The van der Waals surface area contributed by atoms with E-state index in [2.05, 4.69) is 20.5 Å². The zero-order chi connectivity index (χ0) is 17.4. The van der Waals surface area contributed by atoms with Crippen LogP contribution >= 0.6 is 0 Å². The lowest BCUT2D eigenvalue weighted by Crippen LogP contribution is -2.45. The number of nitrogens with zero attached hydrogens (tertiary/aromatic N) is 4. The molecule has 7 nitrogen and oxygen atoms in total. The predicted molar refractivity (Wildman–Crippen MR) is 88.1 cm³/mol. The second-order valence-corrected chi connectivity index (χ2v) is 7.00. The minimum absolute atomic E-state index is 0.0303. The van der Waals surface area contributed by atoms with Gasteiger partial charge in [-0.15, -0.1) is 5.10 Å². The van der Waals surface area contributed by atoms with Gasteiger partial charge in [0.1, 0.15) is 11.9 Å². The van der Waals surface area contributed by atoms with Crippen molar-refractivity contribution in [2.24, 2.45) is 5.41 Å². The van der Waals surface area contributed by atoms with Gasteiger partial charge < -0.3 is 14.6 Å². The third kappa shape index (κ3) is 3.33. The Balaban J connectivity index is 1.37. The maximum atomic E-state index is 13.2. The Bertz CT molecular complexity index is 779. The fourth-order valence-corrected chi connectivity index (χ4v) is 3.33. The molecule has 2 aliphatic rings. The Kier molecular flexibility index (Phi) is 3.89. The number of piperidine rings is 1. The summed E-state index contributed by atoms with van der Waals surface area (Å²) in [6.07, 6.45) is 7.36. The minimum atomic E-state index is -0.479. The van der Waals surface area contributed by atoms with Crippen LogP contribution in [0.15, 0.2) is 22.9 Å². The van der Waals surface area contributed by atoms with Crippen molar-refractivity contribution in [3.8, 4) is 11.5 Å². The van der Waals surface area contributed by atoms with E-state index < -0.39 is 11.9 Å². The van der Waals surface area contributed by atoms with Crippen molar-refractivity contribution in [1.29, 1.82) is 0 Å². The van der Waals surface area contributed by atoms with Crippen molar-refractivity contribution < 1.29 is 13.6 Å². The van der Waals surface area contributed by atoms with Crippen LogP contribution in [-0.4, -0.2) is 45.1 Å². The molecule has 1 atom stereocenters. The van der Waals surface area contributed by atoms with E-state index >= 15 is 0 Å². The van der Waals surface area contributed by atoms with Gasteiger partial charge >= 0.3 is 6.01 Å². The summed E-state index contributed by atoms with van der Waals surface area (Å²) in [7, 11) is 0. The van der Waals surface area contributed by atoms with E-state index in [0.717, 1.165) is 32.1 Å². The second-order valence-electron chi connectivity index (χ2n) is 7.00. The lowest BCUT2D eigenvalue weighted by molar-refractivity contribution is -0.133. The smallest absolute Gasteiger partial charge is 0.316 e. The average molecular weight is 345 g/mol. The van der Waals surface area contributed by atoms with Gasteiger partial charge in [0, 0.05) is 19.3 Å². The second kappa shape index (κ2) is 6.09. The van der Waals surface area contributed by atoms with Crippen LogP contribution in [-0.2, 0) is 4.79 Å². The first-order chi connectivity index (χ1) is 12.0. The number of anilines is 1. The molecular formula is C17H20FN5O2. The standard InChI is InChI=1S/C17H20FN5O2/c1-11(15(24)23-6-4-17(2-3-17)5-7-23)20-16-22-21-14(25-16)12-8-13(18)10-19-9-12/h8-11H,2-7H2,1H3,(H,20,22). The van der Waals surface area contributed by atoms with Crippen LogP contribution in [0, 0.1) is 11.2 Å². The van der Waals surface area contributed by atoms with Gasteiger partial charge in [0.25, 0.3) is 5.89 Å². The highest BCUT2D eigenvalue weighted by Gasteiger charge is 2.45. The van der Waals surface area contributed by atoms with Crippen LogP contribution in [0.1, 0.15) is 32.6 Å². The molecule has 1 amide bonds. The van der Waals surface area contributed by atoms with Crippen LogP contribution in [0.3, 0.4) is 0 Å². The number of rotatable bonds is 4. The number of amides is 1. The highest BCUT2D eigenvalue weighted by atomic mass is 19.1. The number of hydrogen-bond donors (Lipinski definition) is 1. The Hall–Kier alpha value is -2.51. The highest BCUT2D eigenvalue weighted by molar-refractivity contribution is 5.83. The molecule has 1 unspecified atom stereocenters. The Morgan fingerprint density at radius 3 is 2.72 bits per heavy atom. The van der Waals surface area contributed by atoms with E-state index in [9.17, 15) is 9.18 Å². The van der Waals surface area contributed by atoms with E-state index in [0.29, 0.717) is 11.0 Å². The topological polar surface area (TPSA) is 84.1 Å². The lowest BCUT2D eigenvalue weighted by Gasteiger charge is -2.33. The maximum Gasteiger partial charge on any atom is 0.316 e. The van der Waals surface area contributed by atoms with Gasteiger partial charge in [-0.1, -0.05) is 5.10 Å². The van der Waals surface area contributed by atoms with Crippen LogP contribution < -0.4 is 5.32 Å². The van der Waals surface area contributed by atoms with Gasteiger partial charge in [-0.05, 0) is 44.1 Å². The van der Waals surface area contributed by atoms with Gasteiger partial charge in [0.05, 0.1) is 11.8 Å². The molecule has 0 aromatic carbocycles. The molecule has 1 N–H and O–H groups in total. The molecule has 1 saturated heterocycles. The predicted octanol–water partition coefficient (Wildman–Crippen LogP) is 2.47. The van der Waals surface area contributed by atoms with E-state index in [1.54, 1.807) is 6.92 Å². The number of halogens is 1. The van der Waals surface area contributed by atoms with E-state index in [1.165, 1.54) is 25.1 Å². The van der Waals surface area contributed by atoms with Crippen LogP contribution in [0.4, 0.5) is 10.4 Å². The van der Waals surface area contributed by atoms with Crippen molar-refractivity contribution >= 4 is 11.9 Å². The summed E-state index contributed by atoms with van der Waals surface area (Å²) in [6, 6.07) is 0.934. The summed E-state index contributed by atoms with van der Waals surface area (Å²) in [5.74, 6) is -0.294.